The van der Waals surface area contributed by atoms with Gasteiger partial charge in [0.15, 0.2) is 5.70 Å². The molecule has 1 saturated heterocycles. The predicted octanol–water partition coefficient (Wildman–Crippen LogP) is 0.566. The summed E-state index contributed by atoms with van der Waals surface area (Å²) in [6.45, 7) is 2.86. The van der Waals surface area contributed by atoms with Gasteiger partial charge in [0.2, 0.25) is 0 Å². The Kier molecular flexibility index (Phi) is 2.03. The lowest BCUT2D eigenvalue weighted by Crippen LogP contribution is -2.39. The van der Waals surface area contributed by atoms with Gasteiger partial charge in [-0.25, -0.2) is 4.79 Å². The molecule has 4 heteroatoms. The van der Waals surface area contributed by atoms with E-state index in [1.54, 1.807) is 4.90 Å². The summed E-state index contributed by atoms with van der Waals surface area (Å²) in [5, 5.41) is 17.6. The molecular formula is C7H11NO3. The van der Waals surface area contributed by atoms with E-state index in [2.05, 4.69) is 0 Å². The van der Waals surface area contributed by atoms with E-state index in [9.17, 15) is 4.79 Å². The number of hydrogen-bond acceptors (Lipinski definition) is 3. The molecule has 0 aromatic heterocycles. The van der Waals surface area contributed by atoms with Crippen molar-refractivity contribution in [1.29, 1.82) is 0 Å². The molecule has 4 nitrogen and oxygen atoms in total. The van der Waals surface area contributed by atoms with E-state index in [1.165, 1.54) is 6.92 Å². The second kappa shape index (κ2) is 2.82. The van der Waals surface area contributed by atoms with Crippen molar-refractivity contribution >= 4 is 5.97 Å². The minimum atomic E-state index is -1.05. The van der Waals surface area contributed by atoms with Gasteiger partial charge in [-0.05, 0) is 13.3 Å². The molecule has 0 aromatic carbocycles. The van der Waals surface area contributed by atoms with E-state index in [0.29, 0.717) is 0 Å². The summed E-state index contributed by atoms with van der Waals surface area (Å²) < 4.78 is 0. The lowest BCUT2D eigenvalue weighted by molar-refractivity contribution is -0.135. The minimum Gasteiger partial charge on any atom is -0.510 e. The van der Waals surface area contributed by atoms with Gasteiger partial charge in [-0.1, -0.05) is 0 Å². The molecule has 0 unspecified atom stereocenters. The van der Waals surface area contributed by atoms with Crippen LogP contribution in [0.4, 0.5) is 0 Å². The fraction of sp³-hybridized carbons (Fsp3) is 0.571. The number of aliphatic carboxylic acids is 1. The molecular weight excluding hydrogens is 146 g/mol. The third-order valence-electron chi connectivity index (χ3n) is 1.72. The summed E-state index contributed by atoms with van der Waals surface area (Å²) in [7, 11) is 0. The van der Waals surface area contributed by atoms with Crippen molar-refractivity contribution in [1.82, 2.24) is 4.90 Å². The summed E-state index contributed by atoms with van der Waals surface area (Å²) in [4.78, 5) is 12.2. The molecule has 62 valence electrons. The average molecular weight is 157 g/mol. The van der Waals surface area contributed by atoms with Crippen molar-refractivity contribution in [3.8, 4) is 0 Å². The summed E-state index contributed by atoms with van der Waals surface area (Å²) in [5.74, 6) is -1.16. The lowest BCUT2D eigenvalue weighted by Gasteiger charge is -2.33. The second-order valence-corrected chi connectivity index (χ2v) is 2.58. The van der Waals surface area contributed by atoms with Crippen molar-refractivity contribution in [2.24, 2.45) is 0 Å². The summed E-state index contributed by atoms with van der Waals surface area (Å²) in [5.41, 5.74) is 0.0382. The first-order valence-corrected chi connectivity index (χ1v) is 3.51. The quantitative estimate of drug-likeness (QED) is 0.454. The van der Waals surface area contributed by atoms with E-state index < -0.39 is 5.97 Å². The molecule has 1 aliphatic heterocycles. The van der Waals surface area contributed by atoms with Crippen LogP contribution in [0.2, 0.25) is 0 Å². The van der Waals surface area contributed by atoms with Gasteiger partial charge in [0.25, 0.3) is 0 Å². The number of nitrogens with zero attached hydrogens (tertiary/aromatic N) is 1. The number of likely N-dealkylation sites (tertiary alicyclic amines) is 1. The molecule has 0 saturated carbocycles. The first-order valence-electron chi connectivity index (χ1n) is 3.51. The molecule has 1 heterocycles. The van der Waals surface area contributed by atoms with E-state index in [0.717, 1.165) is 19.5 Å². The van der Waals surface area contributed by atoms with Gasteiger partial charge in [-0.3, -0.25) is 0 Å². The number of carboxylic acid groups (broad SMARTS) is 1. The highest BCUT2D eigenvalue weighted by molar-refractivity contribution is 5.86. The molecule has 0 spiro atoms. The van der Waals surface area contributed by atoms with Crippen LogP contribution in [0.1, 0.15) is 13.3 Å². The van der Waals surface area contributed by atoms with Crippen molar-refractivity contribution in [2.75, 3.05) is 13.1 Å². The first-order chi connectivity index (χ1) is 5.13. The zero-order valence-corrected chi connectivity index (χ0v) is 6.37. The Hall–Kier alpha value is -1.19. The third-order valence-corrected chi connectivity index (χ3v) is 1.72. The monoisotopic (exact) mass is 157 g/mol. The largest absolute Gasteiger partial charge is 0.510 e. The van der Waals surface area contributed by atoms with Crippen molar-refractivity contribution in [3.63, 3.8) is 0 Å². The zero-order valence-electron chi connectivity index (χ0n) is 6.37. The molecule has 0 amide bonds. The molecule has 0 aromatic rings. The van der Waals surface area contributed by atoms with Gasteiger partial charge >= 0.3 is 5.97 Å². The number of aliphatic hydroxyl groups is 1. The van der Waals surface area contributed by atoms with Gasteiger partial charge in [-0.15, -0.1) is 0 Å². The van der Waals surface area contributed by atoms with Crippen LogP contribution in [0.25, 0.3) is 0 Å². The van der Waals surface area contributed by atoms with E-state index in [-0.39, 0.29) is 11.5 Å². The number of rotatable bonds is 2. The van der Waals surface area contributed by atoms with Gasteiger partial charge in [-0.2, -0.15) is 0 Å². The summed E-state index contributed by atoms with van der Waals surface area (Å²) in [6.07, 6.45) is 1.00. The van der Waals surface area contributed by atoms with E-state index in [1.807, 2.05) is 0 Å². The van der Waals surface area contributed by atoms with Crippen LogP contribution in [-0.4, -0.2) is 34.2 Å². The maximum Gasteiger partial charge on any atom is 0.355 e. The van der Waals surface area contributed by atoms with Crippen molar-refractivity contribution in [2.45, 2.75) is 13.3 Å². The Bertz CT molecular complexity index is 202. The van der Waals surface area contributed by atoms with Crippen LogP contribution < -0.4 is 0 Å². The number of aliphatic hydroxyl groups excluding tert-OH is 1. The van der Waals surface area contributed by atoms with Crippen molar-refractivity contribution < 1.29 is 15.0 Å². The molecule has 0 aliphatic carbocycles. The third kappa shape index (κ3) is 1.45. The Morgan fingerprint density at radius 3 is 2.00 bits per heavy atom. The number of carboxylic acids is 1. The Morgan fingerprint density at radius 1 is 1.36 bits per heavy atom. The first kappa shape index (κ1) is 7.91. The van der Waals surface area contributed by atoms with Crippen LogP contribution in [0.5, 0.6) is 0 Å². The van der Waals surface area contributed by atoms with Gasteiger partial charge < -0.3 is 15.1 Å². The number of carbonyl (C=O) groups is 1. The molecule has 1 fully saturated rings. The summed E-state index contributed by atoms with van der Waals surface area (Å²) in [6, 6.07) is 0. The smallest absolute Gasteiger partial charge is 0.355 e. The fourth-order valence-corrected chi connectivity index (χ4v) is 1.06. The van der Waals surface area contributed by atoms with Crippen LogP contribution in [0.15, 0.2) is 11.5 Å². The topological polar surface area (TPSA) is 60.8 Å². The number of allylic oxidation sites excluding steroid dienone is 1. The molecule has 0 bridgehead atoms. The van der Waals surface area contributed by atoms with Crippen LogP contribution in [0, 0.1) is 0 Å². The van der Waals surface area contributed by atoms with Gasteiger partial charge in [0.05, 0.1) is 0 Å². The normalized spacial score (nSPS) is 18.8. The summed E-state index contributed by atoms with van der Waals surface area (Å²) >= 11 is 0. The van der Waals surface area contributed by atoms with E-state index >= 15 is 0 Å². The Balaban J connectivity index is 2.75. The fourth-order valence-electron chi connectivity index (χ4n) is 1.06. The van der Waals surface area contributed by atoms with E-state index in [4.69, 9.17) is 10.2 Å². The molecule has 0 radical (unpaired) electrons. The lowest BCUT2D eigenvalue weighted by atomic mass is 10.2. The number of hydrogen-bond donors (Lipinski definition) is 2. The standard InChI is InChI=1S/C7H11NO3/c1-5(9)6(7(10)11)8-3-2-4-8/h9H,2-4H2,1H3,(H,10,11). The van der Waals surface area contributed by atoms with Gasteiger partial charge in [0, 0.05) is 13.1 Å². The highest BCUT2D eigenvalue weighted by atomic mass is 16.4. The molecule has 11 heavy (non-hydrogen) atoms. The maximum absolute atomic E-state index is 10.5. The van der Waals surface area contributed by atoms with Crippen molar-refractivity contribution in [3.05, 3.63) is 11.5 Å². The molecule has 1 aliphatic rings. The Morgan fingerprint density at radius 2 is 1.91 bits per heavy atom. The van der Waals surface area contributed by atoms with Crippen LogP contribution >= 0.6 is 0 Å². The predicted molar refractivity (Wildman–Crippen MR) is 39.2 cm³/mol. The SMILES string of the molecule is CC(O)=C(C(=O)O)N1CCC1. The molecule has 1 rings (SSSR count). The second-order valence-electron chi connectivity index (χ2n) is 2.58. The highest BCUT2D eigenvalue weighted by Crippen LogP contribution is 2.16. The van der Waals surface area contributed by atoms with Gasteiger partial charge in [0.1, 0.15) is 5.76 Å². The molecule has 2 N–H and O–H groups in total. The average Bonchev–Trinajstić information content (AvgIpc) is 1.75. The Labute approximate surface area is 64.7 Å². The maximum atomic E-state index is 10.5. The van der Waals surface area contributed by atoms with Crippen LogP contribution in [-0.2, 0) is 4.79 Å². The highest BCUT2D eigenvalue weighted by Gasteiger charge is 2.24. The minimum absolute atomic E-state index is 0.0382. The zero-order chi connectivity index (χ0) is 8.43. The molecule has 0 atom stereocenters. The van der Waals surface area contributed by atoms with Crippen LogP contribution in [0.3, 0.4) is 0 Å².